The number of rotatable bonds is 7. The van der Waals surface area contributed by atoms with Crippen LogP contribution in [0.2, 0.25) is 0 Å². The van der Waals surface area contributed by atoms with Crippen molar-refractivity contribution in [3.8, 4) is 0 Å². The van der Waals surface area contributed by atoms with Crippen molar-refractivity contribution >= 4 is 11.3 Å². The Balaban J connectivity index is 1.91. The zero-order chi connectivity index (χ0) is 13.7. The van der Waals surface area contributed by atoms with E-state index < -0.39 is 0 Å². The van der Waals surface area contributed by atoms with Crippen molar-refractivity contribution in [1.29, 1.82) is 0 Å². The molecule has 2 heterocycles. The normalized spacial score (nSPS) is 20.9. The molecule has 1 aromatic heterocycles. The number of nitrogens with zero attached hydrogens (tertiary/aromatic N) is 1. The van der Waals surface area contributed by atoms with Gasteiger partial charge in [-0.1, -0.05) is 6.92 Å². The van der Waals surface area contributed by atoms with Gasteiger partial charge in [-0.15, -0.1) is 11.3 Å². The molecule has 0 aromatic carbocycles. The number of hydrogen-bond acceptors (Lipinski definition) is 4. The second kappa shape index (κ2) is 7.36. The van der Waals surface area contributed by atoms with Crippen molar-refractivity contribution in [3.05, 3.63) is 15.6 Å². The lowest BCUT2D eigenvalue weighted by molar-refractivity contribution is 0.0946. The first-order valence-electron chi connectivity index (χ1n) is 7.47. The van der Waals surface area contributed by atoms with Gasteiger partial charge in [0.15, 0.2) is 0 Å². The average molecular weight is 282 g/mol. The molecule has 0 spiro atoms. The third-order valence-electron chi connectivity index (χ3n) is 3.75. The number of aryl methyl sites for hydroxylation is 2. The molecule has 1 N–H and O–H groups in total. The zero-order valence-electron chi connectivity index (χ0n) is 12.4. The number of thiazole rings is 1. The van der Waals surface area contributed by atoms with Crippen LogP contribution >= 0.6 is 11.3 Å². The SMILES string of the molecule is CCCNC(Cc1nc(C)c(C)s1)CC1CCCO1. The summed E-state index contributed by atoms with van der Waals surface area (Å²) in [6, 6.07) is 0.507. The molecular formula is C15H26N2OS. The third kappa shape index (κ3) is 4.55. The maximum absolute atomic E-state index is 5.77. The molecule has 3 nitrogen and oxygen atoms in total. The summed E-state index contributed by atoms with van der Waals surface area (Å²) in [4.78, 5) is 6.02. The summed E-state index contributed by atoms with van der Waals surface area (Å²) in [5.41, 5.74) is 1.19. The Labute approximate surface area is 120 Å². The molecular weight excluding hydrogens is 256 g/mol. The summed E-state index contributed by atoms with van der Waals surface area (Å²) in [7, 11) is 0. The first-order chi connectivity index (χ1) is 9.19. The topological polar surface area (TPSA) is 34.2 Å². The van der Waals surface area contributed by atoms with Gasteiger partial charge in [0.25, 0.3) is 0 Å². The number of nitrogens with one attached hydrogen (secondary N) is 1. The Morgan fingerprint density at radius 3 is 2.89 bits per heavy atom. The summed E-state index contributed by atoms with van der Waals surface area (Å²) in [6.07, 6.45) is 6.24. The van der Waals surface area contributed by atoms with Crippen LogP contribution in [0.25, 0.3) is 0 Å². The highest BCUT2D eigenvalue weighted by atomic mass is 32.1. The fourth-order valence-corrected chi connectivity index (χ4v) is 3.59. The lowest BCUT2D eigenvalue weighted by Gasteiger charge is -2.20. The summed E-state index contributed by atoms with van der Waals surface area (Å²) in [6.45, 7) is 8.50. The average Bonchev–Trinajstić information content (AvgIpc) is 2.98. The van der Waals surface area contributed by atoms with E-state index in [4.69, 9.17) is 4.74 Å². The highest BCUT2D eigenvalue weighted by Crippen LogP contribution is 2.22. The van der Waals surface area contributed by atoms with Gasteiger partial charge in [-0.2, -0.15) is 0 Å². The maximum Gasteiger partial charge on any atom is 0.0946 e. The molecule has 1 aliphatic heterocycles. The predicted molar refractivity (Wildman–Crippen MR) is 81.0 cm³/mol. The Morgan fingerprint density at radius 1 is 1.47 bits per heavy atom. The first kappa shape index (κ1) is 14.9. The summed E-state index contributed by atoms with van der Waals surface area (Å²) >= 11 is 1.84. The molecule has 0 aliphatic carbocycles. The second-order valence-corrected chi connectivity index (χ2v) is 6.76. The molecule has 1 saturated heterocycles. The van der Waals surface area contributed by atoms with E-state index in [1.807, 2.05) is 11.3 Å². The van der Waals surface area contributed by atoms with Crippen LogP contribution in [0.1, 0.15) is 48.2 Å². The zero-order valence-corrected chi connectivity index (χ0v) is 13.2. The van der Waals surface area contributed by atoms with E-state index in [0.29, 0.717) is 12.1 Å². The van der Waals surface area contributed by atoms with Crippen molar-refractivity contribution in [3.63, 3.8) is 0 Å². The molecule has 2 atom stereocenters. The Morgan fingerprint density at radius 2 is 2.32 bits per heavy atom. The van der Waals surface area contributed by atoms with E-state index in [0.717, 1.165) is 26.0 Å². The fourth-order valence-electron chi connectivity index (χ4n) is 2.57. The quantitative estimate of drug-likeness (QED) is 0.833. The largest absolute Gasteiger partial charge is 0.378 e. The second-order valence-electron chi connectivity index (χ2n) is 5.48. The lowest BCUT2D eigenvalue weighted by atomic mass is 10.0. The van der Waals surface area contributed by atoms with Gasteiger partial charge in [-0.25, -0.2) is 4.98 Å². The van der Waals surface area contributed by atoms with Gasteiger partial charge in [0.2, 0.25) is 0 Å². The Hall–Kier alpha value is -0.450. The van der Waals surface area contributed by atoms with Gasteiger partial charge in [-0.3, -0.25) is 0 Å². The van der Waals surface area contributed by atoms with E-state index in [1.165, 1.54) is 34.8 Å². The van der Waals surface area contributed by atoms with Crippen LogP contribution in [0.5, 0.6) is 0 Å². The molecule has 0 bridgehead atoms. The highest BCUT2D eigenvalue weighted by molar-refractivity contribution is 7.11. The van der Waals surface area contributed by atoms with Crippen LogP contribution in [0.3, 0.4) is 0 Å². The Bertz CT molecular complexity index is 366. The smallest absolute Gasteiger partial charge is 0.0946 e. The van der Waals surface area contributed by atoms with Crippen LogP contribution in [0.4, 0.5) is 0 Å². The van der Waals surface area contributed by atoms with Crippen molar-refractivity contribution in [1.82, 2.24) is 10.3 Å². The van der Waals surface area contributed by atoms with Gasteiger partial charge in [0, 0.05) is 23.9 Å². The van der Waals surface area contributed by atoms with Crippen molar-refractivity contribution in [2.24, 2.45) is 0 Å². The van der Waals surface area contributed by atoms with E-state index >= 15 is 0 Å². The molecule has 2 rings (SSSR count). The van der Waals surface area contributed by atoms with Crippen LogP contribution < -0.4 is 5.32 Å². The standard InChI is InChI=1S/C15H26N2OS/c1-4-7-16-13(9-14-6-5-8-18-14)10-15-17-11(2)12(3)19-15/h13-14,16H,4-10H2,1-3H3. The molecule has 1 aliphatic rings. The molecule has 19 heavy (non-hydrogen) atoms. The summed E-state index contributed by atoms with van der Waals surface area (Å²) in [5.74, 6) is 0. The predicted octanol–water partition coefficient (Wildman–Crippen LogP) is 3.24. The fraction of sp³-hybridized carbons (Fsp3) is 0.800. The van der Waals surface area contributed by atoms with Gasteiger partial charge < -0.3 is 10.1 Å². The summed E-state index contributed by atoms with van der Waals surface area (Å²) in [5, 5.41) is 4.93. The lowest BCUT2D eigenvalue weighted by Crippen LogP contribution is -2.35. The minimum absolute atomic E-state index is 0.455. The number of ether oxygens (including phenoxy) is 1. The van der Waals surface area contributed by atoms with Crippen molar-refractivity contribution in [2.45, 2.75) is 65.0 Å². The van der Waals surface area contributed by atoms with Crippen LogP contribution in [0.15, 0.2) is 0 Å². The van der Waals surface area contributed by atoms with Crippen molar-refractivity contribution in [2.75, 3.05) is 13.2 Å². The van der Waals surface area contributed by atoms with Crippen molar-refractivity contribution < 1.29 is 4.74 Å². The van der Waals surface area contributed by atoms with E-state index in [-0.39, 0.29) is 0 Å². The molecule has 1 aromatic rings. The van der Waals surface area contributed by atoms with Gasteiger partial charge >= 0.3 is 0 Å². The molecule has 0 saturated carbocycles. The Kier molecular flexibility index (Phi) is 5.79. The maximum atomic E-state index is 5.77. The van der Waals surface area contributed by atoms with Crippen LogP contribution in [-0.4, -0.2) is 30.3 Å². The molecule has 2 unspecified atom stereocenters. The molecule has 1 fully saturated rings. The number of aromatic nitrogens is 1. The minimum Gasteiger partial charge on any atom is -0.378 e. The van der Waals surface area contributed by atoms with E-state index in [2.05, 4.69) is 31.1 Å². The van der Waals surface area contributed by atoms with Crippen LogP contribution in [-0.2, 0) is 11.2 Å². The van der Waals surface area contributed by atoms with E-state index in [9.17, 15) is 0 Å². The molecule has 0 amide bonds. The van der Waals surface area contributed by atoms with Gasteiger partial charge in [0.05, 0.1) is 16.8 Å². The first-order valence-corrected chi connectivity index (χ1v) is 8.28. The molecule has 108 valence electrons. The monoisotopic (exact) mass is 282 g/mol. The summed E-state index contributed by atoms with van der Waals surface area (Å²) < 4.78 is 5.77. The minimum atomic E-state index is 0.455. The molecule has 4 heteroatoms. The number of hydrogen-bond donors (Lipinski definition) is 1. The van der Waals surface area contributed by atoms with Gasteiger partial charge in [-0.05, 0) is 46.1 Å². The van der Waals surface area contributed by atoms with Crippen LogP contribution in [0, 0.1) is 13.8 Å². The van der Waals surface area contributed by atoms with Gasteiger partial charge in [0.1, 0.15) is 0 Å². The highest BCUT2D eigenvalue weighted by Gasteiger charge is 2.21. The third-order valence-corrected chi connectivity index (χ3v) is 4.84. The molecule has 0 radical (unpaired) electrons. The van der Waals surface area contributed by atoms with E-state index in [1.54, 1.807) is 0 Å².